The summed E-state index contributed by atoms with van der Waals surface area (Å²) in [6, 6.07) is 15.5. The molecule has 1 amide bonds. The molecule has 0 bridgehead atoms. The second-order valence-electron chi connectivity index (χ2n) is 6.39. The summed E-state index contributed by atoms with van der Waals surface area (Å²) >= 11 is 5.59. The van der Waals surface area contributed by atoms with E-state index in [9.17, 15) is 9.59 Å². The first-order chi connectivity index (χ1) is 12.7. The molecule has 0 N–H and O–H groups in total. The first-order valence-electron chi connectivity index (χ1n) is 8.55. The lowest BCUT2D eigenvalue weighted by atomic mass is 9.98. The molecule has 0 spiro atoms. The summed E-state index contributed by atoms with van der Waals surface area (Å²) in [6.07, 6.45) is -0.533. The Morgan fingerprint density at radius 1 is 1.08 bits per heavy atom. The van der Waals surface area contributed by atoms with Crippen molar-refractivity contribution in [2.75, 3.05) is 26.4 Å². The van der Waals surface area contributed by atoms with E-state index in [1.54, 1.807) is 0 Å². The van der Waals surface area contributed by atoms with Gasteiger partial charge in [-0.15, -0.1) is 0 Å². The van der Waals surface area contributed by atoms with Crippen LogP contribution >= 0.6 is 11.6 Å². The van der Waals surface area contributed by atoms with E-state index < -0.39 is 17.4 Å². The first-order valence-corrected chi connectivity index (χ1v) is 8.93. The summed E-state index contributed by atoms with van der Waals surface area (Å²) < 4.78 is 10.8. The number of ether oxygens (including phenoxy) is 2. The third-order valence-corrected chi connectivity index (χ3v) is 5.21. The number of benzene rings is 2. The second kappa shape index (κ2) is 7.09. The third-order valence-electron chi connectivity index (χ3n) is 4.96. The number of nitrogens with zero attached hydrogens (tertiary/aromatic N) is 1. The van der Waals surface area contributed by atoms with Crippen LogP contribution in [0.2, 0.25) is 0 Å². The van der Waals surface area contributed by atoms with E-state index in [-0.39, 0.29) is 19.1 Å². The number of hydrogen-bond acceptors (Lipinski definition) is 4. The Labute approximate surface area is 156 Å². The molecule has 1 aliphatic heterocycles. The van der Waals surface area contributed by atoms with Gasteiger partial charge in [0.1, 0.15) is 12.6 Å². The van der Waals surface area contributed by atoms with Crippen molar-refractivity contribution in [1.29, 1.82) is 0 Å². The Kier molecular flexibility index (Phi) is 4.66. The summed E-state index contributed by atoms with van der Waals surface area (Å²) in [6.45, 7) is 0.977. The fourth-order valence-corrected chi connectivity index (χ4v) is 3.87. The largest absolute Gasteiger partial charge is 0.448 e. The van der Waals surface area contributed by atoms with E-state index in [1.165, 1.54) is 16.0 Å². The maximum Gasteiger partial charge on any atom is 0.410 e. The molecule has 0 unspecified atom stereocenters. The van der Waals surface area contributed by atoms with Crippen LogP contribution in [-0.4, -0.2) is 48.6 Å². The topological polar surface area (TPSA) is 55.8 Å². The monoisotopic (exact) mass is 371 g/mol. The highest BCUT2D eigenvalue weighted by Gasteiger charge is 2.34. The molecule has 6 heteroatoms. The average Bonchev–Trinajstić information content (AvgIpc) is 3.00. The van der Waals surface area contributed by atoms with Crippen LogP contribution in [0.15, 0.2) is 48.5 Å². The van der Waals surface area contributed by atoms with Crippen LogP contribution in [-0.2, 0) is 14.3 Å². The Hall–Kier alpha value is -2.37. The van der Waals surface area contributed by atoms with Crippen molar-refractivity contribution in [3.8, 4) is 11.1 Å². The summed E-state index contributed by atoms with van der Waals surface area (Å²) in [7, 11) is 0. The van der Waals surface area contributed by atoms with Gasteiger partial charge in [0.05, 0.1) is 13.2 Å². The number of amides is 1. The molecule has 2 aromatic carbocycles. The maximum atomic E-state index is 12.5. The predicted octanol–water partition coefficient (Wildman–Crippen LogP) is 3.40. The van der Waals surface area contributed by atoms with Gasteiger partial charge in [-0.3, -0.25) is 9.69 Å². The highest BCUT2D eigenvalue weighted by Crippen LogP contribution is 2.44. The van der Waals surface area contributed by atoms with Crippen LogP contribution in [0.4, 0.5) is 4.79 Å². The van der Waals surface area contributed by atoms with Crippen LogP contribution in [0.3, 0.4) is 0 Å². The van der Waals surface area contributed by atoms with Gasteiger partial charge in [-0.05, 0) is 33.9 Å². The summed E-state index contributed by atoms with van der Waals surface area (Å²) in [5, 5.41) is -0.613. The highest BCUT2D eigenvalue weighted by atomic mass is 35.5. The molecule has 134 valence electrons. The third kappa shape index (κ3) is 2.97. The molecule has 1 atom stereocenters. The number of hydrogen-bond donors (Lipinski definition) is 0. The Morgan fingerprint density at radius 3 is 2.31 bits per heavy atom. The lowest BCUT2D eigenvalue weighted by molar-refractivity contribution is -0.121. The molecule has 0 aromatic heterocycles. The van der Waals surface area contributed by atoms with E-state index in [1.807, 2.05) is 24.3 Å². The predicted molar refractivity (Wildman–Crippen MR) is 97.2 cm³/mol. The number of morpholine rings is 1. The molecule has 1 fully saturated rings. The lowest BCUT2D eigenvalue weighted by Crippen LogP contribution is -2.51. The molecule has 2 aliphatic rings. The van der Waals surface area contributed by atoms with Crippen LogP contribution in [0.5, 0.6) is 0 Å². The standard InChI is InChI=1S/C20H18ClNO4/c21-19(23)18-12-25-10-9-22(18)20(24)26-11-17-15-7-3-1-5-13(15)14-6-2-4-8-16(14)17/h1-8,17-18H,9-12H2/t18-/m0/s1. The molecular weight excluding hydrogens is 354 g/mol. The Balaban J connectivity index is 1.53. The van der Waals surface area contributed by atoms with Gasteiger partial charge >= 0.3 is 6.09 Å². The normalized spacial score (nSPS) is 19.0. The van der Waals surface area contributed by atoms with Gasteiger partial charge in [-0.2, -0.15) is 0 Å². The van der Waals surface area contributed by atoms with Crippen molar-refractivity contribution in [1.82, 2.24) is 4.90 Å². The van der Waals surface area contributed by atoms with Crippen molar-refractivity contribution in [2.45, 2.75) is 12.0 Å². The van der Waals surface area contributed by atoms with Gasteiger partial charge in [0.15, 0.2) is 0 Å². The van der Waals surface area contributed by atoms with E-state index >= 15 is 0 Å². The number of fused-ring (bicyclic) bond motifs is 3. The fourth-order valence-electron chi connectivity index (χ4n) is 3.69. The molecule has 1 aliphatic carbocycles. The number of rotatable bonds is 3. The zero-order valence-electron chi connectivity index (χ0n) is 14.1. The smallest absolute Gasteiger partial charge is 0.410 e. The van der Waals surface area contributed by atoms with Gasteiger partial charge < -0.3 is 9.47 Å². The number of carbonyl (C=O) groups excluding carboxylic acids is 2. The van der Waals surface area contributed by atoms with Crippen LogP contribution < -0.4 is 0 Å². The number of carbonyl (C=O) groups is 2. The highest BCUT2D eigenvalue weighted by molar-refractivity contribution is 6.64. The second-order valence-corrected chi connectivity index (χ2v) is 6.76. The van der Waals surface area contributed by atoms with Crippen molar-refractivity contribution in [3.05, 3.63) is 59.7 Å². The lowest BCUT2D eigenvalue weighted by Gasteiger charge is -2.32. The Morgan fingerprint density at radius 2 is 1.69 bits per heavy atom. The van der Waals surface area contributed by atoms with Gasteiger partial charge in [0.2, 0.25) is 5.24 Å². The zero-order chi connectivity index (χ0) is 18.1. The molecule has 5 nitrogen and oxygen atoms in total. The quantitative estimate of drug-likeness (QED) is 0.776. The minimum atomic E-state index is -0.791. The van der Waals surface area contributed by atoms with Gasteiger partial charge in [0.25, 0.3) is 0 Å². The Bertz CT molecular complexity index is 808. The minimum Gasteiger partial charge on any atom is -0.448 e. The molecular formula is C20H18ClNO4. The first kappa shape index (κ1) is 17.1. The van der Waals surface area contributed by atoms with Crippen molar-refractivity contribution in [3.63, 3.8) is 0 Å². The van der Waals surface area contributed by atoms with Gasteiger partial charge in [-0.1, -0.05) is 48.5 Å². The molecule has 0 radical (unpaired) electrons. The summed E-state index contributed by atoms with van der Waals surface area (Å²) in [5.41, 5.74) is 4.63. The van der Waals surface area contributed by atoms with E-state index in [4.69, 9.17) is 21.1 Å². The number of halogens is 1. The zero-order valence-corrected chi connectivity index (χ0v) is 14.8. The summed E-state index contributed by atoms with van der Waals surface area (Å²) in [5.74, 6) is -0.0162. The van der Waals surface area contributed by atoms with Crippen LogP contribution in [0.25, 0.3) is 11.1 Å². The van der Waals surface area contributed by atoms with E-state index in [0.29, 0.717) is 13.2 Å². The molecule has 0 saturated carbocycles. The molecule has 1 saturated heterocycles. The van der Waals surface area contributed by atoms with E-state index in [0.717, 1.165) is 11.1 Å². The van der Waals surface area contributed by atoms with Crippen LogP contribution in [0.1, 0.15) is 17.0 Å². The van der Waals surface area contributed by atoms with Crippen molar-refractivity contribution < 1.29 is 19.1 Å². The molecule has 1 heterocycles. The minimum absolute atomic E-state index is 0.0162. The fraction of sp³-hybridized carbons (Fsp3) is 0.300. The molecule has 4 rings (SSSR count). The molecule has 2 aromatic rings. The maximum absolute atomic E-state index is 12.5. The van der Waals surface area contributed by atoms with Crippen molar-refractivity contribution >= 4 is 22.9 Å². The SMILES string of the molecule is O=C(Cl)[C@@H]1COCCN1C(=O)OCC1c2ccccc2-c2ccccc21. The van der Waals surface area contributed by atoms with Gasteiger partial charge in [-0.25, -0.2) is 4.79 Å². The van der Waals surface area contributed by atoms with Crippen molar-refractivity contribution in [2.24, 2.45) is 0 Å². The van der Waals surface area contributed by atoms with E-state index in [2.05, 4.69) is 24.3 Å². The van der Waals surface area contributed by atoms with Gasteiger partial charge in [0, 0.05) is 12.5 Å². The summed E-state index contributed by atoms with van der Waals surface area (Å²) in [4.78, 5) is 25.4. The van der Waals surface area contributed by atoms with Crippen LogP contribution in [0, 0.1) is 0 Å². The average molecular weight is 372 g/mol. The molecule has 26 heavy (non-hydrogen) atoms.